The van der Waals surface area contributed by atoms with Gasteiger partial charge in [-0.15, -0.1) is 0 Å². The first kappa shape index (κ1) is 16.7. The molecule has 2 N–H and O–H groups in total. The van der Waals surface area contributed by atoms with E-state index < -0.39 is 5.97 Å². The van der Waals surface area contributed by atoms with Crippen molar-refractivity contribution in [2.45, 2.75) is 27.2 Å². The third-order valence-corrected chi connectivity index (χ3v) is 2.70. The molecule has 18 heavy (non-hydrogen) atoms. The number of carbonyl (C=O) groups excluding carboxylic acids is 1. The SMILES string of the molecule is CCN(CC(=O)O)C(=O)NCC(C)(C)CCOC. The molecule has 6 heteroatoms. The largest absolute Gasteiger partial charge is 0.480 e. The molecular weight excluding hydrogens is 236 g/mol. The van der Waals surface area contributed by atoms with Gasteiger partial charge in [0.05, 0.1) is 0 Å². The summed E-state index contributed by atoms with van der Waals surface area (Å²) in [7, 11) is 1.64. The minimum atomic E-state index is -1.01. The number of rotatable bonds is 8. The number of carboxylic acid groups (broad SMARTS) is 1. The number of hydrogen-bond donors (Lipinski definition) is 2. The Hall–Kier alpha value is -1.30. The highest BCUT2D eigenvalue weighted by atomic mass is 16.5. The van der Waals surface area contributed by atoms with E-state index in [2.05, 4.69) is 5.32 Å². The van der Waals surface area contributed by atoms with Gasteiger partial charge in [0, 0.05) is 26.8 Å². The maximum Gasteiger partial charge on any atom is 0.323 e. The summed E-state index contributed by atoms with van der Waals surface area (Å²) in [5.74, 6) is -1.01. The summed E-state index contributed by atoms with van der Waals surface area (Å²) in [6.45, 7) is 7.02. The van der Waals surface area contributed by atoms with Crippen LogP contribution in [0.5, 0.6) is 0 Å². The number of nitrogens with zero attached hydrogens (tertiary/aromatic N) is 1. The summed E-state index contributed by atoms with van der Waals surface area (Å²) < 4.78 is 5.00. The van der Waals surface area contributed by atoms with E-state index >= 15 is 0 Å². The van der Waals surface area contributed by atoms with E-state index in [0.717, 1.165) is 6.42 Å². The van der Waals surface area contributed by atoms with E-state index in [4.69, 9.17) is 9.84 Å². The Bertz CT molecular complexity index is 279. The van der Waals surface area contributed by atoms with Gasteiger partial charge in [0.1, 0.15) is 6.54 Å². The zero-order chi connectivity index (χ0) is 14.2. The Morgan fingerprint density at radius 3 is 2.44 bits per heavy atom. The van der Waals surface area contributed by atoms with Crippen molar-refractivity contribution in [2.75, 3.05) is 33.4 Å². The number of hydrogen-bond acceptors (Lipinski definition) is 3. The number of urea groups is 1. The predicted molar refractivity (Wildman–Crippen MR) is 68.6 cm³/mol. The molecule has 0 saturated heterocycles. The number of aliphatic carboxylic acids is 1. The fourth-order valence-electron chi connectivity index (χ4n) is 1.38. The third-order valence-electron chi connectivity index (χ3n) is 2.70. The van der Waals surface area contributed by atoms with Gasteiger partial charge < -0.3 is 20.1 Å². The van der Waals surface area contributed by atoms with Gasteiger partial charge in [-0.2, -0.15) is 0 Å². The molecule has 0 spiro atoms. The van der Waals surface area contributed by atoms with Gasteiger partial charge in [0.25, 0.3) is 0 Å². The maximum absolute atomic E-state index is 11.8. The number of ether oxygens (including phenoxy) is 1. The molecule has 0 fully saturated rings. The van der Waals surface area contributed by atoms with Crippen LogP contribution in [0.25, 0.3) is 0 Å². The molecule has 106 valence electrons. The monoisotopic (exact) mass is 260 g/mol. The van der Waals surface area contributed by atoms with Crippen LogP contribution in [0.4, 0.5) is 4.79 Å². The average Bonchev–Trinajstić information content (AvgIpc) is 2.30. The standard InChI is InChI=1S/C12H24N2O4/c1-5-14(8-10(15)16)11(17)13-9-12(2,3)6-7-18-4/h5-9H2,1-4H3,(H,13,17)(H,15,16). The Kier molecular flexibility index (Phi) is 7.35. The summed E-state index contributed by atoms with van der Waals surface area (Å²) in [4.78, 5) is 23.6. The molecule has 0 aromatic carbocycles. The molecule has 0 saturated carbocycles. The lowest BCUT2D eigenvalue weighted by Crippen LogP contribution is -2.45. The van der Waals surface area contributed by atoms with E-state index in [1.165, 1.54) is 4.90 Å². The van der Waals surface area contributed by atoms with Crippen molar-refractivity contribution in [1.29, 1.82) is 0 Å². The number of likely N-dealkylation sites (N-methyl/N-ethyl adjacent to an activating group) is 1. The molecule has 0 aromatic heterocycles. The second kappa shape index (κ2) is 7.92. The van der Waals surface area contributed by atoms with Gasteiger partial charge >= 0.3 is 12.0 Å². The highest BCUT2D eigenvalue weighted by molar-refractivity contribution is 5.80. The van der Waals surface area contributed by atoms with Crippen LogP contribution >= 0.6 is 0 Å². The van der Waals surface area contributed by atoms with Crippen LogP contribution in [-0.4, -0.2) is 55.4 Å². The zero-order valence-corrected chi connectivity index (χ0v) is 11.7. The van der Waals surface area contributed by atoms with Crippen LogP contribution in [-0.2, 0) is 9.53 Å². The van der Waals surface area contributed by atoms with Crippen molar-refractivity contribution < 1.29 is 19.4 Å². The first-order valence-corrected chi connectivity index (χ1v) is 6.06. The fourth-order valence-corrected chi connectivity index (χ4v) is 1.38. The number of carboxylic acids is 1. The maximum atomic E-state index is 11.8. The van der Waals surface area contributed by atoms with Crippen molar-refractivity contribution in [3.8, 4) is 0 Å². The smallest absolute Gasteiger partial charge is 0.323 e. The van der Waals surface area contributed by atoms with E-state index in [9.17, 15) is 9.59 Å². The molecule has 0 aliphatic carbocycles. The van der Waals surface area contributed by atoms with E-state index in [0.29, 0.717) is 19.7 Å². The molecule has 0 aliphatic rings. The highest BCUT2D eigenvalue weighted by Gasteiger charge is 2.21. The Balaban J connectivity index is 4.17. The van der Waals surface area contributed by atoms with Gasteiger partial charge in [-0.1, -0.05) is 13.8 Å². The van der Waals surface area contributed by atoms with Crippen LogP contribution < -0.4 is 5.32 Å². The van der Waals surface area contributed by atoms with Crippen LogP contribution in [0.3, 0.4) is 0 Å². The van der Waals surface area contributed by atoms with Crippen molar-refractivity contribution in [1.82, 2.24) is 10.2 Å². The normalized spacial score (nSPS) is 11.1. The second-order valence-corrected chi connectivity index (χ2v) is 4.97. The summed E-state index contributed by atoms with van der Waals surface area (Å²) in [6, 6.07) is -0.342. The lowest BCUT2D eigenvalue weighted by Gasteiger charge is -2.27. The second-order valence-electron chi connectivity index (χ2n) is 4.97. The Morgan fingerprint density at radius 2 is 2.00 bits per heavy atom. The number of carbonyl (C=O) groups is 2. The molecule has 0 aromatic rings. The molecule has 0 unspecified atom stereocenters. The molecule has 0 atom stereocenters. The van der Waals surface area contributed by atoms with Gasteiger partial charge in [-0.25, -0.2) is 4.79 Å². The van der Waals surface area contributed by atoms with E-state index in [1.54, 1.807) is 14.0 Å². The third kappa shape index (κ3) is 7.11. The van der Waals surface area contributed by atoms with Gasteiger partial charge in [0.2, 0.25) is 0 Å². The average molecular weight is 260 g/mol. The fraction of sp³-hybridized carbons (Fsp3) is 0.833. The van der Waals surface area contributed by atoms with Crippen LogP contribution in [0.1, 0.15) is 27.2 Å². The van der Waals surface area contributed by atoms with Gasteiger partial charge in [0.15, 0.2) is 0 Å². The predicted octanol–water partition coefficient (Wildman–Crippen LogP) is 1.17. The summed E-state index contributed by atoms with van der Waals surface area (Å²) in [5, 5.41) is 11.4. The first-order valence-electron chi connectivity index (χ1n) is 6.06. The summed E-state index contributed by atoms with van der Waals surface area (Å²) in [5.41, 5.74) is -0.0751. The minimum Gasteiger partial charge on any atom is -0.480 e. The summed E-state index contributed by atoms with van der Waals surface area (Å²) >= 11 is 0. The van der Waals surface area contributed by atoms with E-state index in [1.807, 2.05) is 13.8 Å². The lowest BCUT2D eigenvalue weighted by molar-refractivity contribution is -0.137. The van der Waals surface area contributed by atoms with Crippen molar-refractivity contribution in [3.63, 3.8) is 0 Å². The van der Waals surface area contributed by atoms with Gasteiger partial charge in [-0.05, 0) is 18.8 Å². The van der Waals surface area contributed by atoms with Crippen molar-refractivity contribution in [2.24, 2.45) is 5.41 Å². The topological polar surface area (TPSA) is 78.9 Å². The molecule has 0 heterocycles. The van der Waals surface area contributed by atoms with E-state index in [-0.39, 0.29) is 18.0 Å². The molecule has 0 radical (unpaired) electrons. The van der Waals surface area contributed by atoms with Crippen molar-refractivity contribution >= 4 is 12.0 Å². The molecule has 6 nitrogen and oxygen atoms in total. The van der Waals surface area contributed by atoms with Crippen LogP contribution in [0, 0.1) is 5.41 Å². The molecule has 2 amide bonds. The quantitative estimate of drug-likeness (QED) is 0.686. The molecular formula is C12H24N2O4. The van der Waals surface area contributed by atoms with Gasteiger partial charge in [-0.3, -0.25) is 4.79 Å². The molecule has 0 bridgehead atoms. The molecule has 0 rings (SSSR count). The molecule has 0 aliphatic heterocycles. The lowest BCUT2D eigenvalue weighted by atomic mass is 9.90. The minimum absolute atomic E-state index is 0.0751. The summed E-state index contributed by atoms with van der Waals surface area (Å²) in [6.07, 6.45) is 0.828. The first-order chi connectivity index (χ1) is 8.32. The number of nitrogens with one attached hydrogen (secondary N) is 1. The number of amides is 2. The van der Waals surface area contributed by atoms with Crippen LogP contribution in [0.2, 0.25) is 0 Å². The van der Waals surface area contributed by atoms with Crippen LogP contribution in [0.15, 0.2) is 0 Å². The van der Waals surface area contributed by atoms with Crippen molar-refractivity contribution in [3.05, 3.63) is 0 Å². The number of methoxy groups -OCH3 is 1. The highest BCUT2D eigenvalue weighted by Crippen LogP contribution is 2.18. The Morgan fingerprint density at radius 1 is 1.39 bits per heavy atom. The Labute approximate surface area is 108 Å². The zero-order valence-electron chi connectivity index (χ0n) is 11.7.